The van der Waals surface area contributed by atoms with E-state index in [1.54, 1.807) is 0 Å². The molecule has 0 unspecified atom stereocenters. The summed E-state index contributed by atoms with van der Waals surface area (Å²) in [5.41, 5.74) is 0. The average molecular weight is 109 g/mol. The zero-order valence-corrected chi connectivity index (χ0v) is 5.49. The van der Waals surface area contributed by atoms with Gasteiger partial charge >= 0.3 is 18.9 Å². The maximum absolute atomic E-state index is 3.30. The predicted molar refractivity (Wildman–Crippen MR) is 40.6 cm³/mol. The van der Waals surface area contributed by atoms with Crippen LogP contribution in [0.25, 0.3) is 0 Å². The molecule has 0 aliphatic carbocycles. The van der Waals surface area contributed by atoms with Gasteiger partial charge in [-0.15, -0.1) is 0 Å². The van der Waals surface area contributed by atoms with Crippen molar-refractivity contribution in [3.8, 4) is 0 Å². The van der Waals surface area contributed by atoms with Gasteiger partial charge in [-0.2, -0.15) is 0 Å². The van der Waals surface area contributed by atoms with E-state index in [2.05, 4.69) is 26.1 Å². The predicted octanol–water partition coefficient (Wildman–Crippen LogP) is 0.746. The van der Waals surface area contributed by atoms with Gasteiger partial charge in [0.2, 0.25) is 0 Å². The van der Waals surface area contributed by atoms with Crippen molar-refractivity contribution in [3.05, 3.63) is 0 Å². The van der Waals surface area contributed by atoms with Crippen LogP contribution in [0.5, 0.6) is 0 Å². The first-order valence-corrected chi connectivity index (χ1v) is 3.00. The Morgan fingerprint density at radius 2 is 1.88 bits per heavy atom. The zero-order chi connectivity index (χ0) is 5.70. The number of nitrogens with one attached hydrogen (secondary N) is 1. The summed E-state index contributed by atoms with van der Waals surface area (Å²) in [4.78, 5) is 0. The van der Waals surface area contributed by atoms with E-state index in [9.17, 15) is 0 Å². The molecule has 0 spiro atoms. The van der Waals surface area contributed by atoms with Crippen LogP contribution in [0, 0.1) is 0 Å². The van der Waals surface area contributed by atoms with E-state index in [1.165, 1.54) is 6.42 Å². The standard InChI is InChI=1S/C6H15N.Li.H/c1-4-5-7-6(2)3;;/h6-7H,4-5H2,1-3H3;;. The van der Waals surface area contributed by atoms with Gasteiger partial charge in [-0.1, -0.05) is 20.8 Å². The van der Waals surface area contributed by atoms with Crippen LogP contribution in [0.15, 0.2) is 0 Å². The maximum atomic E-state index is 3.30. The van der Waals surface area contributed by atoms with E-state index < -0.39 is 0 Å². The molecule has 0 saturated heterocycles. The zero-order valence-electron chi connectivity index (χ0n) is 5.49. The van der Waals surface area contributed by atoms with Crippen LogP contribution in [0.2, 0.25) is 0 Å². The molecule has 1 N–H and O–H groups in total. The third-order valence-corrected chi connectivity index (χ3v) is 0.803. The Kier molecular flexibility index (Phi) is 10.7. The Hall–Kier alpha value is 0.557. The SMILES string of the molecule is CCCNC(C)C.[LiH]. The third-order valence-electron chi connectivity index (χ3n) is 0.803. The van der Waals surface area contributed by atoms with Crippen molar-refractivity contribution >= 4 is 18.9 Å². The topological polar surface area (TPSA) is 12.0 Å². The van der Waals surface area contributed by atoms with Crippen molar-refractivity contribution in [2.75, 3.05) is 6.54 Å². The molecule has 0 aromatic heterocycles. The summed E-state index contributed by atoms with van der Waals surface area (Å²) >= 11 is 0. The summed E-state index contributed by atoms with van der Waals surface area (Å²) in [6.07, 6.45) is 1.23. The molecule has 0 saturated carbocycles. The molecule has 0 aliphatic rings. The van der Waals surface area contributed by atoms with Crippen LogP contribution in [0.4, 0.5) is 0 Å². The molecule has 0 fully saturated rings. The molecule has 0 aromatic carbocycles. The van der Waals surface area contributed by atoms with Gasteiger partial charge in [-0.05, 0) is 13.0 Å². The Morgan fingerprint density at radius 3 is 2.00 bits per heavy atom. The summed E-state index contributed by atoms with van der Waals surface area (Å²) in [6, 6.07) is 0.653. The fourth-order valence-corrected chi connectivity index (χ4v) is 0.433. The number of hydrogen-bond acceptors (Lipinski definition) is 1. The number of hydrogen-bond donors (Lipinski definition) is 1. The van der Waals surface area contributed by atoms with Crippen molar-refractivity contribution in [1.82, 2.24) is 5.32 Å². The monoisotopic (exact) mass is 109 g/mol. The number of rotatable bonds is 3. The van der Waals surface area contributed by atoms with Crippen molar-refractivity contribution in [2.45, 2.75) is 33.2 Å². The fraction of sp³-hybridized carbons (Fsp3) is 1.00. The Labute approximate surface area is 64.4 Å². The van der Waals surface area contributed by atoms with E-state index in [0.717, 1.165) is 6.54 Å². The molecule has 0 atom stereocenters. The van der Waals surface area contributed by atoms with Crippen molar-refractivity contribution < 1.29 is 0 Å². The Morgan fingerprint density at radius 1 is 1.38 bits per heavy atom. The molecular formula is C6H16LiN. The molecule has 0 rings (SSSR count). The van der Waals surface area contributed by atoms with Gasteiger partial charge in [0, 0.05) is 6.04 Å². The third kappa shape index (κ3) is 9.75. The van der Waals surface area contributed by atoms with E-state index in [1.807, 2.05) is 0 Å². The van der Waals surface area contributed by atoms with E-state index >= 15 is 0 Å². The second-order valence-electron chi connectivity index (χ2n) is 2.11. The van der Waals surface area contributed by atoms with Crippen LogP contribution in [0.3, 0.4) is 0 Å². The fourth-order valence-electron chi connectivity index (χ4n) is 0.433. The first kappa shape index (κ1) is 11.4. The molecule has 0 radical (unpaired) electrons. The van der Waals surface area contributed by atoms with Crippen LogP contribution in [0.1, 0.15) is 27.2 Å². The minimum absolute atomic E-state index is 0. The molecule has 0 aliphatic heterocycles. The van der Waals surface area contributed by atoms with Crippen LogP contribution >= 0.6 is 0 Å². The first-order chi connectivity index (χ1) is 3.27. The average Bonchev–Trinajstić information content (AvgIpc) is 1.61. The van der Waals surface area contributed by atoms with Gasteiger partial charge in [-0.3, -0.25) is 0 Å². The molecule has 1 nitrogen and oxygen atoms in total. The van der Waals surface area contributed by atoms with Gasteiger partial charge in [0.15, 0.2) is 0 Å². The normalized spacial score (nSPS) is 9.00. The van der Waals surface area contributed by atoms with Crippen LogP contribution < -0.4 is 5.32 Å². The molecule has 0 bridgehead atoms. The summed E-state index contributed by atoms with van der Waals surface area (Å²) in [6.45, 7) is 7.65. The summed E-state index contributed by atoms with van der Waals surface area (Å²) < 4.78 is 0. The van der Waals surface area contributed by atoms with Crippen LogP contribution in [-0.2, 0) is 0 Å². The van der Waals surface area contributed by atoms with E-state index in [0.29, 0.717) is 6.04 Å². The molecule has 0 heterocycles. The van der Waals surface area contributed by atoms with E-state index in [-0.39, 0.29) is 18.9 Å². The quantitative estimate of drug-likeness (QED) is 0.527. The summed E-state index contributed by atoms with van der Waals surface area (Å²) in [5.74, 6) is 0. The van der Waals surface area contributed by atoms with Crippen molar-refractivity contribution in [3.63, 3.8) is 0 Å². The first-order valence-electron chi connectivity index (χ1n) is 3.00. The molecule has 2 heteroatoms. The second kappa shape index (κ2) is 7.56. The summed E-state index contributed by atoms with van der Waals surface area (Å²) in [5, 5.41) is 3.30. The second-order valence-corrected chi connectivity index (χ2v) is 2.11. The molecule has 0 amide bonds. The van der Waals surface area contributed by atoms with Gasteiger partial charge < -0.3 is 5.32 Å². The van der Waals surface area contributed by atoms with Crippen molar-refractivity contribution in [2.24, 2.45) is 0 Å². The van der Waals surface area contributed by atoms with Crippen molar-refractivity contribution in [1.29, 1.82) is 0 Å². The Bertz CT molecular complexity index is 37.5. The van der Waals surface area contributed by atoms with Gasteiger partial charge in [-0.25, -0.2) is 0 Å². The minimum atomic E-state index is 0. The Balaban J connectivity index is 0. The van der Waals surface area contributed by atoms with Gasteiger partial charge in [0.1, 0.15) is 0 Å². The van der Waals surface area contributed by atoms with Gasteiger partial charge in [0.05, 0.1) is 0 Å². The van der Waals surface area contributed by atoms with Crippen LogP contribution in [-0.4, -0.2) is 31.4 Å². The molecular weight excluding hydrogens is 93.0 g/mol. The van der Waals surface area contributed by atoms with E-state index in [4.69, 9.17) is 0 Å². The molecule has 0 aromatic rings. The molecule has 46 valence electrons. The molecule has 8 heavy (non-hydrogen) atoms. The summed E-state index contributed by atoms with van der Waals surface area (Å²) in [7, 11) is 0. The van der Waals surface area contributed by atoms with Gasteiger partial charge in [0.25, 0.3) is 0 Å².